The van der Waals surface area contributed by atoms with E-state index in [2.05, 4.69) is 57.7 Å². The summed E-state index contributed by atoms with van der Waals surface area (Å²) in [5, 5.41) is 13.8. The lowest BCUT2D eigenvalue weighted by atomic mass is 9.90. The molecule has 186 valence electrons. The topological polar surface area (TPSA) is 70.2 Å². The Bertz CT molecular complexity index is 1380. The summed E-state index contributed by atoms with van der Waals surface area (Å²) in [5.74, 6) is 3.84. The Morgan fingerprint density at radius 1 is 0.784 bits per heavy atom. The molecule has 3 aromatic carbocycles. The number of aromatic nitrogens is 1. The molecule has 0 amide bonds. The summed E-state index contributed by atoms with van der Waals surface area (Å²) in [5.41, 5.74) is 5.66. The third-order valence-electron chi connectivity index (χ3n) is 6.89. The van der Waals surface area contributed by atoms with E-state index < -0.39 is 0 Å². The Hall–Kier alpha value is -4.29. The fourth-order valence-corrected chi connectivity index (χ4v) is 4.94. The van der Waals surface area contributed by atoms with Gasteiger partial charge in [-0.25, -0.2) is 4.98 Å². The van der Waals surface area contributed by atoms with Crippen LogP contribution in [0.2, 0.25) is 0 Å². The number of pyridine rings is 1. The van der Waals surface area contributed by atoms with Gasteiger partial charge in [0.05, 0.1) is 0 Å². The largest absolute Gasteiger partial charge is 0.457 e. The van der Waals surface area contributed by atoms with Crippen molar-refractivity contribution in [2.45, 2.75) is 25.3 Å². The number of rotatable bonds is 7. The molecular formula is C31H31N5O. The van der Waals surface area contributed by atoms with Gasteiger partial charge in [-0.05, 0) is 97.7 Å². The highest BCUT2D eigenvalue weighted by molar-refractivity contribution is 5.73. The van der Waals surface area contributed by atoms with Gasteiger partial charge in [-0.1, -0.05) is 36.4 Å². The Morgan fingerprint density at radius 2 is 1.59 bits per heavy atom. The maximum Gasteiger partial charge on any atom is 0.138 e. The van der Waals surface area contributed by atoms with Crippen molar-refractivity contribution >= 4 is 29.1 Å². The lowest BCUT2D eigenvalue weighted by Gasteiger charge is -2.23. The molecule has 4 aromatic rings. The molecule has 4 N–H and O–H groups in total. The number of nitrogens with one attached hydrogen (secondary N) is 4. The summed E-state index contributed by atoms with van der Waals surface area (Å²) < 4.78 is 6.01. The van der Waals surface area contributed by atoms with Crippen molar-refractivity contribution in [1.82, 2.24) is 15.6 Å². The fraction of sp³-hybridized carbons (Fsp3) is 0.194. The SMILES string of the molecule is C1=Cc2cc(Nc3cccc(Oc4ccccc4)c3)nc(Nc3ccc(C4CCNCC4)cc3)c2CN1. The first-order chi connectivity index (χ1) is 18.3. The highest BCUT2D eigenvalue weighted by Crippen LogP contribution is 2.32. The zero-order chi connectivity index (χ0) is 24.9. The van der Waals surface area contributed by atoms with Crippen LogP contribution in [0.15, 0.2) is 91.1 Å². The molecule has 1 saturated heterocycles. The third kappa shape index (κ3) is 5.60. The Morgan fingerprint density at radius 3 is 2.43 bits per heavy atom. The van der Waals surface area contributed by atoms with E-state index in [0.29, 0.717) is 5.92 Å². The number of ether oxygens (including phenoxy) is 1. The standard InChI is InChI=1S/C31H31N5O/c1-2-6-27(7-3-1)37-28-8-4-5-26(20-28)34-30-19-24-15-18-33-21-29(24)31(36-30)35-25-11-9-22(10-12-25)23-13-16-32-17-14-23/h1-12,15,18-20,23,32-33H,13-14,16-17,21H2,(H2,34,35,36). The minimum absolute atomic E-state index is 0.643. The summed E-state index contributed by atoms with van der Waals surface area (Å²) in [7, 11) is 0. The first-order valence-corrected chi connectivity index (χ1v) is 12.9. The highest BCUT2D eigenvalue weighted by atomic mass is 16.5. The van der Waals surface area contributed by atoms with Gasteiger partial charge in [0.1, 0.15) is 23.1 Å². The van der Waals surface area contributed by atoms with Crippen molar-refractivity contribution in [2.75, 3.05) is 23.7 Å². The van der Waals surface area contributed by atoms with E-state index in [-0.39, 0.29) is 0 Å². The molecular weight excluding hydrogens is 458 g/mol. The van der Waals surface area contributed by atoms with Crippen molar-refractivity contribution in [3.05, 3.63) is 108 Å². The summed E-state index contributed by atoms with van der Waals surface area (Å²) in [4.78, 5) is 4.96. The number of piperidine rings is 1. The number of benzene rings is 3. The van der Waals surface area contributed by atoms with Gasteiger partial charge in [-0.3, -0.25) is 0 Å². The van der Waals surface area contributed by atoms with Gasteiger partial charge in [0.25, 0.3) is 0 Å². The van der Waals surface area contributed by atoms with Crippen LogP contribution in [0.3, 0.4) is 0 Å². The van der Waals surface area contributed by atoms with E-state index in [9.17, 15) is 0 Å². The molecule has 2 aliphatic rings. The third-order valence-corrected chi connectivity index (χ3v) is 6.89. The van der Waals surface area contributed by atoms with Crippen LogP contribution in [0.4, 0.5) is 23.0 Å². The monoisotopic (exact) mass is 489 g/mol. The van der Waals surface area contributed by atoms with Crippen molar-refractivity contribution in [1.29, 1.82) is 0 Å². The second-order valence-electron chi connectivity index (χ2n) is 9.48. The fourth-order valence-electron chi connectivity index (χ4n) is 4.94. The zero-order valence-electron chi connectivity index (χ0n) is 20.7. The zero-order valence-corrected chi connectivity index (χ0v) is 20.7. The highest BCUT2D eigenvalue weighted by Gasteiger charge is 2.16. The van der Waals surface area contributed by atoms with Crippen LogP contribution in [0.1, 0.15) is 35.4 Å². The van der Waals surface area contributed by atoms with Crippen molar-refractivity contribution in [3.63, 3.8) is 0 Å². The quantitative estimate of drug-likeness (QED) is 0.226. The molecule has 0 radical (unpaired) electrons. The van der Waals surface area contributed by atoms with Gasteiger partial charge in [-0.15, -0.1) is 0 Å². The number of para-hydroxylation sites is 1. The second kappa shape index (κ2) is 10.8. The van der Waals surface area contributed by atoms with Crippen LogP contribution in [-0.4, -0.2) is 18.1 Å². The minimum Gasteiger partial charge on any atom is -0.457 e. The molecule has 0 atom stereocenters. The van der Waals surface area contributed by atoms with Crippen molar-refractivity contribution < 1.29 is 4.74 Å². The lowest BCUT2D eigenvalue weighted by molar-refractivity contribution is 0.460. The Labute approximate surface area is 217 Å². The normalized spacial score (nSPS) is 14.9. The average Bonchev–Trinajstić information content (AvgIpc) is 2.95. The maximum atomic E-state index is 6.01. The van der Waals surface area contributed by atoms with Gasteiger partial charge in [0.2, 0.25) is 0 Å². The second-order valence-corrected chi connectivity index (χ2v) is 9.48. The molecule has 6 rings (SSSR count). The molecule has 2 aliphatic heterocycles. The van der Waals surface area contributed by atoms with Crippen molar-refractivity contribution in [2.24, 2.45) is 0 Å². The molecule has 6 nitrogen and oxygen atoms in total. The molecule has 0 aliphatic carbocycles. The van der Waals surface area contributed by atoms with Gasteiger partial charge < -0.3 is 26.0 Å². The van der Waals surface area contributed by atoms with Crippen LogP contribution in [0.5, 0.6) is 11.5 Å². The molecule has 0 unspecified atom stereocenters. The predicted molar refractivity (Wildman–Crippen MR) is 151 cm³/mol. The summed E-state index contributed by atoms with van der Waals surface area (Å²) in [6.07, 6.45) is 6.47. The average molecular weight is 490 g/mol. The smallest absolute Gasteiger partial charge is 0.138 e. The lowest BCUT2D eigenvalue weighted by Crippen LogP contribution is -2.26. The molecule has 37 heavy (non-hydrogen) atoms. The number of fused-ring (bicyclic) bond motifs is 1. The first kappa shape index (κ1) is 23.1. The van der Waals surface area contributed by atoms with Crippen LogP contribution < -0.4 is 26.0 Å². The molecule has 6 heteroatoms. The molecule has 0 saturated carbocycles. The van der Waals surface area contributed by atoms with Gasteiger partial charge in [-0.2, -0.15) is 0 Å². The van der Waals surface area contributed by atoms with E-state index in [1.807, 2.05) is 60.8 Å². The van der Waals surface area contributed by atoms with E-state index in [4.69, 9.17) is 9.72 Å². The molecule has 0 bridgehead atoms. The Kier molecular flexibility index (Phi) is 6.73. The first-order valence-electron chi connectivity index (χ1n) is 12.9. The summed E-state index contributed by atoms with van der Waals surface area (Å²) in [6, 6.07) is 28.7. The van der Waals surface area contributed by atoms with Crippen LogP contribution in [0.25, 0.3) is 6.08 Å². The van der Waals surface area contributed by atoms with E-state index >= 15 is 0 Å². The molecule has 0 spiro atoms. The van der Waals surface area contributed by atoms with Crippen LogP contribution >= 0.6 is 0 Å². The van der Waals surface area contributed by atoms with Crippen LogP contribution in [0, 0.1) is 0 Å². The van der Waals surface area contributed by atoms with Crippen LogP contribution in [-0.2, 0) is 6.54 Å². The molecule has 3 heterocycles. The van der Waals surface area contributed by atoms with E-state index in [0.717, 1.165) is 65.3 Å². The van der Waals surface area contributed by atoms with E-state index in [1.165, 1.54) is 18.4 Å². The number of anilines is 4. The number of nitrogens with zero attached hydrogens (tertiary/aromatic N) is 1. The van der Waals surface area contributed by atoms with E-state index in [1.54, 1.807) is 0 Å². The summed E-state index contributed by atoms with van der Waals surface area (Å²) >= 11 is 0. The number of hydrogen-bond donors (Lipinski definition) is 4. The predicted octanol–water partition coefficient (Wildman–Crippen LogP) is 6.90. The van der Waals surface area contributed by atoms with Crippen molar-refractivity contribution in [3.8, 4) is 11.5 Å². The number of hydrogen-bond acceptors (Lipinski definition) is 6. The van der Waals surface area contributed by atoms with Gasteiger partial charge >= 0.3 is 0 Å². The minimum atomic E-state index is 0.643. The molecule has 1 aromatic heterocycles. The van der Waals surface area contributed by atoms with Gasteiger partial charge in [0, 0.05) is 29.5 Å². The maximum absolute atomic E-state index is 6.01. The molecule has 1 fully saturated rings. The summed E-state index contributed by atoms with van der Waals surface area (Å²) in [6.45, 7) is 2.93. The Balaban J connectivity index is 1.22. The van der Waals surface area contributed by atoms with Gasteiger partial charge in [0.15, 0.2) is 0 Å².